The van der Waals surface area contributed by atoms with Gasteiger partial charge in [-0.3, -0.25) is 4.79 Å². The molecule has 0 unspecified atom stereocenters. The molecular formula is C19H21NO4S. The third kappa shape index (κ3) is 6.51. The molecule has 0 bridgehead atoms. The number of thioether (sulfide) groups is 1. The van der Waals surface area contributed by atoms with Gasteiger partial charge in [0.1, 0.15) is 11.8 Å². The summed E-state index contributed by atoms with van der Waals surface area (Å²) in [6.07, 6.45) is 0.531. The predicted molar refractivity (Wildman–Crippen MR) is 98.0 cm³/mol. The van der Waals surface area contributed by atoms with E-state index in [9.17, 15) is 14.7 Å². The zero-order chi connectivity index (χ0) is 18.1. The van der Waals surface area contributed by atoms with Gasteiger partial charge in [-0.2, -0.15) is 0 Å². The Hall–Kier alpha value is -2.47. The molecule has 2 aromatic rings. The van der Waals surface area contributed by atoms with Gasteiger partial charge < -0.3 is 15.2 Å². The summed E-state index contributed by atoms with van der Waals surface area (Å²) in [6.45, 7) is 0. The molecule has 0 heterocycles. The van der Waals surface area contributed by atoms with E-state index >= 15 is 0 Å². The molecule has 6 heteroatoms. The molecule has 0 fully saturated rings. The molecule has 0 spiro atoms. The van der Waals surface area contributed by atoms with E-state index in [1.54, 1.807) is 18.9 Å². The third-order valence-corrected chi connectivity index (χ3v) is 4.59. The number of hydrogen-bond acceptors (Lipinski definition) is 4. The molecule has 1 atom stereocenters. The first-order valence-corrected chi connectivity index (χ1v) is 8.90. The number of methoxy groups -OCH3 is 1. The fourth-order valence-electron chi connectivity index (χ4n) is 2.25. The molecule has 0 aromatic heterocycles. The van der Waals surface area contributed by atoms with Crippen LogP contribution in [0.1, 0.15) is 12.0 Å². The summed E-state index contributed by atoms with van der Waals surface area (Å²) >= 11 is 1.54. The number of carbonyl (C=O) groups is 2. The van der Waals surface area contributed by atoms with Crippen LogP contribution < -0.4 is 10.1 Å². The quantitative estimate of drug-likeness (QED) is 0.673. The van der Waals surface area contributed by atoms with Crippen LogP contribution in [0.15, 0.2) is 59.5 Å². The molecule has 0 radical (unpaired) electrons. The maximum absolute atomic E-state index is 12.0. The van der Waals surface area contributed by atoms with Crippen molar-refractivity contribution in [3.05, 3.63) is 60.2 Å². The second-order valence-corrected chi connectivity index (χ2v) is 6.59. The smallest absolute Gasteiger partial charge is 0.326 e. The summed E-state index contributed by atoms with van der Waals surface area (Å²) in [5.74, 6) is 0.0761. The molecule has 132 valence electrons. The highest BCUT2D eigenvalue weighted by molar-refractivity contribution is 7.99. The second-order valence-electron chi connectivity index (χ2n) is 5.42. The number of hydrogen-bond donors (Lipinski definition) is 2. The van der Waals surface area contributed by atoms with E-state index in [0.717, 1.165) is 16.2 Å². The maximum Gasteiger partial charge on any atom is 0.326 e. The number of aliphatic carboxylic acids is 1. The van der Waals surface area contributed by atoms with E-state index in [2.05, 4.69) is 5.32 Å². The molecule has 0 saturated carbocycles. The van der Waals surface area contributed by atoms with Crippen molar-refractivity contribution in [1.29, 1.82) is 0 Å². The van der Waals surface area contributed by atoms with Crippen molar-refractivity contribution in [1.82, 2.24) is 5.32 Å². The van der Waals surface area contributed by atoms with Crippen LogP contribution in [0.4, 0.5) is 0 Å². The lowest BCUT2D eigenvalue weighted by Crippen LogP contribution is -2.42. The number of benzene rings is 2. The van der Waals surface area contributed by atoms with Gasteiger partial charge in [-0.1, -0.05) is 30.3 Å². The molecule has 2 rings (SSSR count). The van der Waals surface area contributed by atoms with Crippen molar-refractivity contribution in [2.45, 2.75) is 23.8 Å². The average molecular weight is 359 g/mol. The van der Waals surface area contributed by atoms with Gasteiger partial charge >= 0.3 is 5.97 Å². The summed E-state index contributed by atoms with van der Waals surface area (Å²) < 4.78 is 5.10. The molecular weight excluding hydrogens is 338 g/mol. The van der Waals surface area contributed by atoms with E-state index in [4.69, 9.17) is 4.74 Å². The summed E-state index contributed by atoms with van der Waals surface area (Å²) in [6, 6.07) is 15.9. The highest BCUT2D eigenvalue weighted by Gasteiger charge is 2.20. The Labute approximate surface area is 151 Å². The van der Waals surface area contributed by atoms with Gasteiger partial charge in [0.05, 0.1) is 7.11 Å². The van der Waals surface area contributed by atoms with Crippen molar-refractivity contribution >= 4 is 23.6 Å². The van der Waals surface area contributed by atoms with E-state index in [1.165, 1.54) is 0 Å². The molecule has 25 heavy (non-hydrogen) atoms. The van der Waals surface area contributed by atoms with E-state index in [-0.39, 0.29) is 18.7 Å². The van der Waals surface area contributed by atoms with Gasteiger partial charge in [-0.25, -0.2) is 4.79 Å². The second kappa shape index (κ2) is 9.74. The standard InChI is InChI=1S/C19H21NO4S/c1-24-15-7-9-16(10-8-15)25-12-11-18(21)20-17(19(22)23)13-14-5-3-2-4-6-14/h2-10,17H,11-13H2,1H3,(H,20,21)(H,22,23)/t17-/m0/s1. The summed E-state index contributed by atoms with van der Waals surface area (Å²) in [5, 5.41) is 11.9. The van der Waals surface area contributed by atoms with Crippen molar-refractivity contribution < 1.29 is 19.4 Å². The van der Waals surface area contributed by atoms with Gasteiger partial charge in [-0.15, -0.1) is 11.8 Å². The minimum Gasteiger partial charge on any atom is -0.497 e. The zero-order valence-electron chi connectivity index (χ0n) is 14.0. The first-order chi connectivity index (χ1) is 12.1. The SMILES string of the molecule is COc1ccc(SCCC(=O)N[C@@H](Cc2ccccc2)C(=O)O)cc1. The Balaban J connectivity index is 1.79. The fourth-order valence-corrected chi connectivity index (χ4v) is 3.10. The van der Waals surface area contributed by atoms with Crippen LogP contribution in [0.2, 0.25) is 0 Å². The normalized spacial score (nSPS) is 11.6. The third-order valence-electron chi connectivity index (χ3n) is 3.57. The lowest BCUT2D eigenvalue weighted by molar-refractivity contribution is -0.141. The first kappa shape index (κ1) is 18.9. The Morgan fingerprint density at radius 1 is 1.12 bits per heavy atom. The fraction of sp³-hybridized carbons (Fsp3) is 0.263. The topological polar surface area (TPSA) is 75.6 Å². The van der Waals surface area contributed by atoms with Crippen LogP contribution in [0, 0.1) is 0 Å². The van der Waals surface area contributed by atoms with Gasteiger partial charge in [0.25, 0.3) is 0 Å². The van der Waals surface area contributed by atoms with E-state index < -0.39 is 12.0 Å². The lowest BCUT2D eigenvalue weighted by atomic mass is 10.1. The number of carbonyl (C=O) groups excluding carboxylic acids is 1. The molecule has 2 aromatic carbocycles. The summed E-state index contributed by atoms with van der Waals surface area (Å²) in [7, 11) is 1.61. The molecule has 0 aliphatic rings. The number of rotatable bonds is 9. The number of carboxylic acid groups (broad SMARTS) is 1. The summed E-state index contributed by atoms with van der Waals surface area (Å²) in [5.41, 5.74) is 0.878. The average Bonchev–Trinajstić information content (AvgIpc) is 2.62. The monoisotopic (exact) mass is 359 g/mol. The van der Waals surface area contributed by atoms with Crippen LogP contribution in [-0.4, -0.2) is 35.9 Å². The molecule has 2 N–H and O–H groups in total. The Morgan fingerprint density at radius 2 is 1.80 bits per heavy atom. The zero-order valence-corrected chi connectivity index (χ0v) is 14.8. The van der Waals surface area contributed by atoms with Gasteiger partial charge in [0.2, 0.25) is 5.91 Å². The van der Waals surface area contributed by atoms with Crippen LogP contribution in [0.5, 0.6) is 5.75 Å². The largest absolute Gasteiger partial charge is 0.497 e. The number of nitrogens with one attached hydrogen (secondary N) is 1. The number of amides is 1. The Bertz CT molecular complexity index is 688. The highest BCUT2D eigenvalue weighted by Crippen LogP contribution is 2.21. The van der Waals surface area contributed by atoms with Crippen LogP contribution in [-0.2, 0) is 16.0 Å². The number of carboxylic acids is 1. The van der Waals surface area contributed by atoms with Crippen LogP contribution in [0.3, 0.4) is 0 Å². The molecule has 0 saturated heterocycles. The van der Waals surface area contributed by atoms with Crippen molar-refractivity contribution in [3.8, 4) is 5.75 Å². The minimum atomic E-state index is -1.03. The maximum atomic E-state index is 12.0. The molecule has 0 aliphatic heterocycles. The Morgan fingerprint density at radius 3 is 2.40 bits per heavy atom. The highest BCUT2D eigenvalue weighted by atomic mass is 32.2. The van der Waals surface area contributed by atoms with Gasteiger partial charge in [0.15, 0.2) is 0 Å². The van der Waals surface area contributed by atoms with E-state index in [1.807, 2.05) is 54.6 Å². The van der Waals surface area contributed by atoms with Crippen molar-refractivity contribution in [3.63, 3.8) is 0 Å². The Kier molecular flexibility index (Phi) is 7.35. The van der Waals surface area contributed by atoms with Gasteiger partial charge in [-0.05, 0) is 29.8 Å². The lowest BCUT2D eigenvalue weighted by Gasteiger charge is -2.14. The molecule has 5 nitrogen and oxygen atoms in total. The van der Waals surface area contributed by atoms with Crippen LogP contribution in [0.25, 0.3) is 0 Å². The van der Waals surface area contributed by atoms with Crippen LogP contribution >= 0.6 is 11.8 Å². The first-order valence-electron chi connectivity index (χ1n) is 7.91. The van der Waals surface area contributed by atoms with Gasteiger partial charge in [0, 0.05) is 23.5 Å². The minimum absolute atomic E-state index is 0.259. The molecule has 0 aliphatic carbocycles. The summed E-state index contributed by atoms with van der Waals surface area (Å²) in [4.78, 5) is 24.4. The van der Waals surface area contributed by atoms with E-state index in [0.29, 0.717) is 5.75 Å². The molecule has 1 amide bonds. The van der Waals surface area contributed by atoms with Crippen molar-refractivity contribution in [2.24, 2.45) is 0 Å². The predicted octanol–water partition coefficient (Wildman–Crippen LogP) is 2.99. The van der Waals surface area contributed by atoms with Crippen molar-refractivity contribution in [2.75, 3.05) is 12.9 Å². The number of ether oxygens (including phenoxy) is 1.